The zero-order chi connectivity index (χ0) is 20.6. The third kappa shape index (κ3) is 7.60. The number of hydrogen-bond acceptors (Lipinski definition) is 2. The lowest BCUT2D eigenvalue weighted by Gasteiger charge is -2.22. The molecule has 1 unspecified atom stereocenters. The minimum atomic E-state index is -4.34. The van der Waals surface area contributed by atoms with Crippen LogP contribution in [0.4, 0.5) is 18.0 Å². The van der Waals surface area contributed by atoms with Crippen LogP contribution in [-0.2, 0) is 19.0 Å². The predicted octanol–water partition coefficient (Wildman–Crippen LogP) is 3.72. The highest BCUT2D eigenvalue weighted by Gasteiger charge is 2.29. The number of halogens is 3. The fourth-order valence-electron chi connectivity index (χ4n) is 2.92. The molecule has 7 heteroatoms. The molecule has 1 atom stereocenters. The Hall–Kier alpha value is -2.54. The molecule has 4 nitrogen and oxygen atoms in total. The Labute approximate surface area is 163 Å². The van der Waals surface area contributed by atoms with Gasteiger partial charge in [-0.25, -0.2) is 4.79 Å². The van der Waals surface area contributed by atoms with E-state index in [4.69, 9.17) is 0 Å². The molecule has 0 aliphatic carbocycles. The smallest absolute Gasteiger partial charge is 0.338 e. The summed E-state index contributed by atoms with van der Waals surface area (Å²) in [7, 11) is 3.89. The lowest BCUT2D eigenvalue weighted by molar-refractivity contribution is -0.137. The molecule has 0 radical (unpaired) electrons. The lowest BCUT2D eigenvalue weighted by Crippen LogP contribution is -2.47. The maximum atomic E-state index is 12.6. The van der Waals surface area contributed by atoms with Gasteiger partial charge in [-0.15, -0.1) is 0 Å². The molecule has 0 aliphatic rings. The van der Waals surface area contributed by atoms with E-state index in [0.717, 1.165) is 23.3 Å². The van der Waals surface area contributed by atoms with Crippen molar-refractivity contribution in [2.45, 2.75) is 25.1 Å². The minimum Gasteiger partial charge on any atom is -0.338 e. The number of likely N-dealkylation sites (N-methyl/N-ethyl adjacent to an activating group) is 1. The van der Waals surface area contributed by atoms with E-state index in [9.17, 15) is 18.0 Å². The summed E-state index contributed by atoms with van der Waals surface area (Å²) in [5, 5.41) is 5.75. The van der Waals surface area contributed by atoms with Gasteiger partial charge in [0.2, 0.25) is 0 Å². The first-order valence-corrected chi connectivity index (χ1v) is 9.13. The van der Waals surface area contributed by atoms with E-state index in [-0.39, 0.29) is 12.1 Å². The number of amides is 2. The summed E-state index contributed by atoms with van der Waals surface area (Å²) in [5.41, 5.74) is 1.20. The number of nitrogens with one attached hydrogen (secondary N) is 2. The molecule has 0 aromatic heterocycles. The Kier molecular flexibility index (Phi) is 7.87. The standard InChI is InChI=1S/C21H26F3N3O/c1-27(2)15-19(14-17-6-4-3-5-7-17)26-20(28)25-13-12-16-8-10-18(11-9-16)21(22,23)24/h3-11,19H,12-15H2,1-2H3,(H2,25,26,28). The highest BCUT2D eigenvalue weighted by molar-refractivity contribution is 5.74. The quantitative estimate of drug-likeness (QED) is 0.718. The van der Waals surface area contributed by atoms with Crippen molar-refractivity contribution in [2.75, 3.05) is 27.2 Å². The Morgan fingerprint density at radius 3 is 2.21 bits per heavy atom. The van der Waals surface area contributed by atoms with Crippen LogP contribution in [0.2, 0.25) is 0 Å². The minimum absolute atomic E-state index is 0.0523. The summed E-state index contributed by atoms with van der Waals surface area (Å²) in [6.45, 7) is 1.04. The third-order valence-electron chi connectivity index (χ3n) is 4.23. The molecule has 2 rings (SSSR count). The molecule has 0 fully saturated rings. The molecule has 152 valence electrons. The van der Waals surface area contributed by atoms with Crippen LogP contribution in [-0.4, -0.2) is 44.2 Å². The molecule has 2 amide bonds. The van der Waals surface area contributed by atoms with Crippen LogP contribution in [0, 0.1) is 0 Å². The van der Waals surface area contributed by atoms with Crippen molar-refractivity contribution in [1.29, 1.82) is 0 Å². The van der Waals surface area contributed by atoms with Gasteiger partial charge in [0.05, 0.1) is 5.56 Å². The van der Waals surface area contributed by atoms with Gasteiger partial charge in [-0.3, -0.25) is 0 Å². The summed E-state index contributed by atoms with van der Waals surface area (Å²) in [6.07, 6.45) is -3.16. The average molecular weight is 393 g/mol. The van der Waals surface area contributed by atoms with Crippen molar-refractivity contribution >= 4 is 6.03 Å². The normalized spacial score (nSPS) is 12.6. The second kappa shape index (κ2) is 10.1. The summed E-state index contributed by atoms with van der Waals surface area (Å²) in [5.74, 6) is 0. The summed E-state index contributed by atoms with van der Waals surface area (Å²) in [4.78, 5) is 14.2. The molecule has 0 aliphatic heterocycles. The molecule has 2 aromatic carbocycles. The first-order valence-electron chi connectivity index (χ1n) is 9.13. The SMILES string of the molecule is CN(C)CC(Cc1ccccc1)NC(=O)NCCc1ccc(C(F)(F)F)cc1. The molecule has 28 heavy (non-hydrogen) atoms. The topological polar surface area (TPSA) is 44.4 Å². The predicted molar refractivity (Wildman–Crippen MR) is 104 cm³/mol. The van der Waals surface area contributed by atoms with Gasteiger partial charge >= 0.3 is 12.2 Å². The van der Waals surface area contributed by atoms with Crippen LogP contribution >= 0.6 is 0 Å². The van der Waals surface area contributed by atoms with Crippen molar-refractivity contribution in [2.24, 2.45) is 0 Å². The Morgan fingerprint density at radius 2 is 1.64 bits per heavy atom. The van der Waals surface area contributed by atoms with Crippen molar-refractivity contribution in [3.63, 3.8) is 0 Å². The number of benzene rings is 2. The van der Waals surface area contributed by atoms with Crippen molar-refractivity contribution in [3.05, 3.63) is 71.3 Å². The molecule has 2 N–H and O–H groups in total. The molecule has 0 saturated carbocycles. The largest absolute Gasteiger partial charge is 0.416 e. The van der Waals surface area contributed by atoms with Gasteiger partial charge in [0, 0.05) is 19.1 Å². The van der Waals surface area contributed by atoms with Gasteiger partial charge < -0.3 is 15.5 Å². The number of hydrogen-bond donors (Lipinski definition) is 2. The van der Waals surface area contributed by atoms with E-state index in [1.807, 2.05) is 49.3 Å². The first kappa shape index (κ1) is 21.8. The van der Waals surface area contributed by atoms with Gasteiger partial charge in [0.25, 0.3) is 0 Å². The third-order valence-corrected chi connectivity index (χ3v) is 4.23. The van der Waals surface area contributed by atoms with Crippen molar-refractivity contribution in [3.8, 4) is 0 Å². The number of alkyl halides is 3. The fraction of sp³-hybridized carbons (Fsp3) is 0.381. The van der Waals surface area contributed by atoms with Gasteiger partial charge in [-0.05, 0) is 50.2 Å². The maximum absolute atomic E-state index is 12.6. The van der Waals surface area contributed by atoms with Crippen LogP contribution < -0.4 is 10.6 Å². The highest BCUT2D eigenvalue weighted by atomic mass is 19.4. The van der Waals surface area contributed by atoms with Crippen molar-refractivity contribution < 1.29 is 18.0 Å². The van der Waals surface area contributed by atoms with Crippen molar-refractivity contribution in [1.82, 2.24) is 15.5 Å². The van der Waals surface area contributed by atoms with Crippen LogP contribution in [0.3, 0.4) is 0 Å². The number of urea groups is 1. The molecule has 0 saturated heterocycles. The maximum Gasteiger partial charge on any atom is 0.416 e. The summed E-state index contributed by atoms with van der Waals surface area (Å²) >= 11 is 0. The van der Waals surface area contributed by atoms with Crippen LogP contribution in [0.5, 0.6) is 0 Å². The second-order valence-electron chi connectivity index (χ2n) is 6.99. The van der Waals surface area contributed by atoms with Gasteiger partial charge in [-0.2, -0.15) is 13.2 Å². The zero-order valence-corrected chi connectivity index (χ0v) is 16.1. The lowest BCUT2D eigenvalue weighted by atomic mass is 10.1. The van der Waals surface area contributed by atoms with Crippen LogP contribution in [0.25, 0.3) is 0 Å². The first-order chi connectivity index (χ1) is 13.2. The molecule has 0 spiro atoms. The summed E-state index contributed by atoms with van der Waals surface area (Å²) in [6, 6.07) is 14.6. The van der Waals surface area contributed by atoms with E-state index < -0.39 is 11.7 Å². The van der Waals surface area contributed by atoms with E-state index in [1.54, 1.807) is 0 Å². The van der Waals surface area contributed by atoms with E-state index in [2.05, 4.69) is 10.6 Å². The number of rotatable bonds is 8. The molecule has 2 aromatic rings. The fourth-order valence-corrected chi connectivity index (χ4v) is 2.92. The second-order valence-corrected chi connectivity index (χ2v) is 6.99. The van der Waals surface area contributed by atoms with Gasteiger partial charge in [0.15, 0.2) is 0 Å². The Balaban J connectivity index is 1.81. The Morgan fingerprint density at radius 1 is 1.00 bits per heavy atom. The van der Waals surface area contributed by atoms with E-state index in [0.29, 0.717) is 25.9 Å². The van der Waals surface area contributed by atoms with Crippen LogP contribution in [0.15, 0.2) is 54.6 Å². The molecule has 0 heterocycles. The van der Waals surface area contributed by atoms with Crippen LogP contribution in [0.1, 0.15) is 16.7 Å². The van der Waals surface area contributed by atoms with Gasteiger partial charge in [0.1, 0.15) is 0 Å². The number of nitrogens with zero attached hydrogens (tertiary/aromatic N) is 1. The monoisotopic (exact) mass is 393 g/mol. The van der Waals surface area contributed by atoms with Gasteiger partial charge in [-0.1, -0.05) is 42.5 Å². The number of carbonyl (C=O) groups excluding carboxylic acids is 1. The molecular weight excluding hydrogens is 367 g/mol. The average Bonchev–Trinajstić information content (AvgIpc) is 2.61. The highest BCUT2D eigenvalue weighted by Crippen LogP contribution is 2.29. The summed E-state index contributed by atoms with van der Waals surface area (Å²) < 4.78 is 37.7. The number of carbonyl (C=O) groups is 1. The van der Waals surface area contributed by atoms with E-state index >= 15 is 0 Å². The molecule has 0 bridgehead atoms. The molecular formula is C21H26F3N3O. The Bertz CT molecular complexity index is 731. The zero-order valence-electron chi connectivity index (χ0n) is 16.1. The van der Waals surface area contributed by atoms with E-state index in [1.165, 1.54) is 12.1 Å².